The molecule has 1 saturated heterocycles. The molecule has 1 aliphatic heterocycles. The van der Waals surface area contributed by atoms with E-state index in [4.69, 9.17) is 0 Å². The van der Waals surface area contributed by atoms with Crippen LogP contribution in [0.1, 0.15) is 29.6 Å². The highest BCUT2D eigenvalue weighted by Gasteiger charge is 2.26. The monoisotopic (exact) mass is 484 g/mol. The van der Waals surface area contributed by atoms with Gasteiger partial charge in [0.05, 0.1) is 14.7 Å². The highest BCUT2D eigenvalue weighted by Crippen LogP contribution is 2.24. The summed E-state index contributed by atoms with van der Waals surface area (Å²) in [6.45, 7) is 0.966. The van der Waals surface area contributed by atoms with Gasteiger partial charge in [-0.15, -0.1) is 0 Å². The van der Waals surface area contributed by atoms with Gasteiger partial charge in [-0.3, -0.25) is 4.79 Å². The predicted octanol–water partition coefficient (Wildman–Crippen LogP) is 3.95. The number of sulfone groups is 1. The van der Waals surface area contributed by atoms with Gasteiger partial charge in [0, 0.05) is 24.3 Å². The van der Waals surface area contributed by atoms with E-state index in [1.165, 1.54) is 52.8 Å². The highest BCUT2D eigenvalue weighted by atomic mass is 32.2. The fourth-order valence-electron chi connectivity index (χ4n) is 3.71. The van der Waals surface area contributed by atoms with Crippen LogP contribution in [0.3, 0.4) is 0 Å². The van der Waals surface area contributed by atoms with Crippen LogP contribution in [0.2, 0.25) is 0 Å². The summed E-state index contributed by atoms with van der Waals surface area (Å²) in [6, 6.07) is 19.9. The Balaban J connectivity index is 1.50. The number of carbonyl (C=O) groups is 1. The Morgan fingerprint density at radius 1 is 0.697 bits per heavy atom. The Labute approximate surface area is 194 Å². The predicted molar refractivity (Wildman–Crippen MR) is 125 cm³/mol. The van der Waals surface area contributed by atoms with Crippen molar-refractivity contribution in [3.63, 3.8) is 0 Å². The molecule has 0 aliphatic carbocycles. The number of rotatable bonds is 6. The van der Waals surface area contributed by atoms with Gasteiger partial charge in [0.1, 0.15) is 0 Å². The molecule has 0 atom stereocenters. The first-order valence-corrected chi connectivity index (χ1v) is 13.5. The zero-order valence-electron chi connectivity index (χ0n) is 17.8. The van der Waals surface area contributed by atoms with Gasteiger partial charge in [0.25, 0.3) is 5.91 Å². The molecule has 1 heterocycles. The van der Waals surface area contributed by atoms with E-state index in [0.29, 0.717) is 18.8 Å². The Hall–Kier alpha value is -3.01. The molecule has 0 radical (unpaired) electrons. The van der Waals surface area contributed by atoms with Crippen molar-refractivity contribution in [1.29, 1.82) is 0 Å². The molecular formula is C24H24N2O5S2. The molecule has 4 rings (SSSR count). The first-order chi connectivity index (χ1) is 15.8. The van der Waals surface area contributed by atoms with Crippen LogP contribution in [0, 0.1) is 0 Å². The quantitative estimate of drug-likeness (QED) is 0.571. The van der Waals surface area contributed by atoms with E-state index in [2.05, 4.69) is 5.32 Å². The lowest BCUT2D eigenvalue weighted by Crippen LogP contribution is -2.35. The van der Waals surface area contributed by atoms with E-state index in [1.807, 2.05) is 0 Å². The van der Waals surface area contributed by atoms with Crippen molar-refractivity contribution in [2.45, 2.75) is 33.9 Å². The summed E-state index contributed by atoms with van der Waals surface area (Å²) in [7, 11) is -7.31. The molecule has 172 valence electrons. The third-order valence-corrected chi connectivity index (χ3v) is 9.21. The van der Waals surface area contributed by atoms with Crippen LogP contribution in [-0.4, -0.2) is 40.1 Å². The van der Waals surface area contributed by atoms with Crippen LogP contribution in [0.5, 0.6) is 0 Å². The molecular weight excluding hydrogens is 460 g/mol. The second-order valence-corrected chi connectivity index (χ2v) is 11.7. The summed E-state index contributed by atoms with van der Waals surface area (Å²) in [5.74, 6) is -0.482. The molecule has 1 N–H and O–H groups in total. The van der Waals surface area contributed by atoms with E-state index in [0.717, 1.165) is 19.3 Å². The lowest BCUT2D eigenvalue weighted by molar-refractivity contribution is 0.102. The van der Waals surface area contributed by atoms with Gasteiger partial charge < -0.3 is 5.32 Å². The maximum absolute atomic E-state index is 12.9. The Morgan fingerprint density at radius 2 is 1.30 bits per heavy atom. The third kappa shape index (κ3) is 5.00. The highest BCUT2D eigenvalue weighted by molar-refractivity contribution is 7.91. The topological polar surface area (TPSA) is 101 Å². The minimum Gasteiger partial charge on any atom is -0.322 e. The first-order valence-electron chi connectivity index (χ1n) is 10.6. The van der Waals surface area contributed by atoms with Crippen molar-refractivity contribution >= 4 is 31.5 Å². The smallest absolute Gasteiger partial charge is 0.255 e. The third-order valence-electron chi connectivity index (χ3n) is 5.53. The number of hydrogen-bond acceptors (Lipinski definition) is 5. The number of benzene rings is 3. The van der Waals surface area contributed by atoms with E-state index in [1.54, 1.807) is 30.3 Å². The molecule has 0 spiro atoms. The molecule has 0 aromatic heterocycles. The van der Waals surface area contributed by atoms with Gasteiger partial charge in [-0.05, 0) is 67.4 Å². The summed E-state index contributed by atoms with van der Waals surface area (Å²) in [6.07, 6.45) is 2.67. The molecule has 33 heavy (non-hydrogen) atoms. The van der Waals surface area contributed by atoms with Gasteiger partial charge in [-0.25, -0.2) is 16.8 Å². The average Bonchev–Trinajstić information content (AvgIpc) is 2.85. The van der Waals surface area contributed by atoms with Gasteiger partial charge in [0.15, 0.2) is 0 Å². The van der Waals surface area contributed by atoms with Crippen molar-refractivity contribution in [3.8, 4) is 0 Å². The number of carbonyl (C=O) groups excluding carboxylic acids is 1. The van der Waals surface area contributed by atoms with Crippen LogP contribution in [0.4, 0.5) is 5.69 Å². The van der Waals surface area contributed by atoms with Gasteiger partial charge in [-0.1, -0.05) is 30.7 Å². The van der Waals surface area contributed by atoms with Crippen molar-refractivity contribution in [3.05, 3.63) is 84.4 Å². The van der Waals surface area contributed by atoms with Crippen molar-refractivity contribution < 1.29 is 21.6 Å². The maximum Gasteiger partial charge on any atom is 0.255 e. The molecule has 1 fully saturated rings. The molecule has 7 nitrogen and oxygen atoms in total. The molecule has 0 unspecified atom stereocenters. The van der Waals surface area contributed by atoms with Gasteiger partial charge >= 0.3 is 0 Å². The molecule has 0 bridgehead atoms. The van der Waals surface area contributed by atoms with Gasteiger partial charge in [0.2, 0.25) is 19.9 Å². The Morgan fingerprint density at radius 3 is 1.97 bits per heavy atom. The number of sulfonamides is 1. The summed E-state index contributed by atoms with van der Waals surface area (Å²) in [5.41, 5.74) is 0.602. The van der Waals surface area contributed by atoms with E-state index >= 15 is 0 Å². The summed E-state index contributed by atoms with van der Waals surface area (Å²) in [4.78, 5) is 13.1. The molecule has 1 amide bonds. The molecule has 3 aromatic rings. The van der Waals surface area contributed by atoms with Crippen LogP contribution < -0.4 is 5.32 Å². The second-order valence-electron chi connectivity index (χ2n) is 7.79. The summed E-state index contributed by atoms with van der Waals surface area (Å²) >= 11 is 0. The Kier molecular flexibility index (Phi) is 6.64. The molecule has 9 heteroatoms. The molecule has 3 aromatic carbocycles. The lowest BCUT2D eigenvalue weighted by atomic mass is 10.2. The van der Waals surface area contributed by atoms with E-state index in [9.17, 15) is 21.6 Å². The summed E-state index contributed by atoms with van der Waals surface area (Å²) in [5, 5.41) is 2.69. The molecule has 1 aliphatic rings. The second kappa shape index (κ2) is 9.46. The van der Waals surface area contributed by atoms with Crippen molar-refractivity contribution in [2.24, 2.45) is 0 Å². The minimum absolute atomic E-state index is 0.0846. The van der Waals surface area contributed by atoms with E-state index < -0.39 is 25.8 Å². The fraction of sp³-hybridized carbons (Fsp3) is 0.208. The number of amides is 1. The minimum atomic E-state index is -3.65. The summed E-state index contributed by atoms with van der Waals surface area (Å²) < 4.78 is 52.7. The lowest BCUT2D eigenvalue weighted by Gasteiger charge is -2.26. The van der Waals surface area contributed by atoms with Crippen LogP contribution in [-0.2, 0) is 19.9 Å². The SMILES string of the molecule is O=C(Nc1ccc(S(=O)(=O)c2ccccc2)cc1)c1cccc(S(=O)(=O)N2CCCCC2)c1. The number of nitrogens with zero attached hydrogens (tertiary/aromatic N) is 1. The zero-order chi connectivity index (χ0) is 23.5. The number of piperidine rings is 1. The van der Waals surface area contributed by atoms with Crippen molar-refractivity contribution in [2.75, 3.05) is 18.4 Å². The van der Waals surface area contributed by atoms with Crippen LogP contribution in [0.15, 0.2) is 93.5 Å². The largest absolute Gasteiger partial charge is 0.322 e. The molecule has 0 saturated carbocycles. The van der Waals surface area contributed by atoms with Crippen molar-refractivity contribution in [1.82, 2.24) is 4.31 Å². The standard InChI is InChI=1S/C24H24N2O5S2/c27-24(19-8-7-11-23(18-19)33(30,31)26-16-5-2-6-17-26)25-20-12-14-22(15-13-20)32(28,29)21-9-3-1-4-10-21/h1,3-4,7-15,18H,2,5-6,16-17H2,(H,25,27). The Bertz CT molecular complexity index is 1350. The van der Waals surface area contributed by atoms with Gasteiger partial charge in [-0.2, -0.15) is 4.31 Å². The average molecular weight is 485 g/mol. The zero-order valence-corrected chi connectivity index (χ0v) is 19.5. The van der Waals surface area contributed by atoms with Crippen LogP contribution in [0.25, 0.3) is 0 Å². The number of nitrogens with one attached hydrogen (secondary N) is 1. The number of hydrogen-bond donors (Lipinski definition) is 1. The fourth-order valence-corrected chi connectivity index (χ4v) is 6.55. The maximum atomic E-state index is 12.9. The van der Waals surface area contributed by atoms with Crippen LogP contribution >= 0.6 is 0 Å². The first kappa shape index (κ1) is 23.2. The van der Waals surface area contributed by atoms with E-state index in [-0.39, 0.29) is 20.2 Å². The number of anilines is 1. The normalized spacial score (nSPS) is 15.2.